The number of fused-ring (bicyclic) bond motifs is 6. The van der Waals surface area contributed by atoms with Crippen LogP contribution in [0.25, 0.3) is 49.7 Å². The highest BCUT2D eigenvalue weighted by Crippen LogP contribution is 2.49. The predicted molar refractivity (Wildman–Crippen MR) is 243 cm³/mol. The molecule has 0 radical (unpaired) electrons. The molecule has 6 aromatic carbocycles. The first-order valence-electron chi connectivity index (χ1n) is 22.0. The Hall–Kier alpha value is -4.88. The summed E-state index contributed by atoms with van der Waals surface area (Å²) in [6, 6.07) is 47.2. The third kappa shape index (κ3) is 8.02. The van der Waals surface area contributed by atoms with Gasteiger partial charge < -0.3 is 4.57 Å². The Bertz CT molecular complexity index is 2400. The van der Waals surface area contributed by atoms with Crippen LogP contribution < -0.4 is 0 Å². The lowest BCUT2D eigenvalue weighted by atomic mass is 9.88. The maximum Gasteiger partial charge on any atom is 0.0541 e. The van der Waals surface area contributed by atoms with E-state index in [1.54, 1.807) is 0 Å². The lowest BCUT2D eigenvalue weighted by Gasteiger charge is -2.16. The summed E-state index contributed by atoms with van der Waals surface area (Å²) in [5, 5.41) is 2.72. The summed E-state index contributed by atoms with van der Waals surface area (Å²) in [5.41, 5.74) is 19.0. The first-order chi connectivity index (χ1) is 27.5. The second kappa shape index (κ2) is 17.5. The molecule has 1 aliphatic rings. The van der Waals surface area contributed by atoms with E-state index in [0.29, 0.717) is 0 Å². The molecule has 0 bridgehead atoms. The van der Waals surface area contributed by atoms with E-state index in [1.807, 2.05) is 0 Å². The minimum Gasteiger partial charge on any atom is -0.309 e. The monoisotopic (exact) mass is 735 g/mol. The van der Waals surface area contributed by atoms with Crippen molar-refractivity contribution >= 4 is 21.8 Å². The normalized spacial score (nSPS) is 13.5. The van der Waals surface area contributed by atoms with Gasteiger partial charge in [-0.1, -0.05) is 174 Å². The summed E-state index contributed by atoms with van der Waals surface area (Å²) in [7, 11) is 0. The first kappa shape index (κ1) is 38.0. The van der Waals surface area contributed by atoms with E-state index in [0.717, 1.165) is 6.42 Å². The summed E-state index contributed by atoms with van der Waals surface area (Å²) >= 11 is 0. The third-order valence-electron chi connectivity index (χ3n) is 12.6. The number of rotatable bonds is 17. The molecule has 0 fully saturated rings. The van der Waals surface area contributed by atoms with Gasteiger partial charge in [-0.3, -0.25) is 0 Å². The number of unbranched alkanes of at least 4 members (excludes halogenated alkanes) is 10. The molecule has 286 valence electrons. The van der Waals surface area contributed by atoms with E-state index in [1.165, 1.54) is 172 Å². The molecule has 7 aromatic rings. The van der Waals surface area contributed by atoms with Crippen molar-refractivity contribution in [2.45, 2.75) is 124 Å². The van der Waals surface area contributed by atoms with Gasteiger partial charge in [0.25, 0.3) is 0 Å². The van der Waals surface area contributed by atoms with Gasteiger partial charge in [0.2, 0.25) is 0 Å². The average molecular weight is 736 g/mol. The minimum atomic E-state index is 0.269. The Morgan fingerprint density at radius 2 is 0.911 bits per heavy atom. The highest BCUT2D eigenvalue weighted by Gasteiger charge is 2.30. The molecular weight excluding hydrogens is 675 g/mol. The molecule has 0 aliphatic heterocycles. The lowest BCUT2D eigenvalue weighted by Crippen LogP contribution is -1.99. The fourth-order valence-corrected chi connectivity index (χ4v) is 9.43. The van der Waals surface area contributed by atoms with Crippen LogP contribution in [0.2, 0.25) is 0 Å². The Balaban J connectivity index is 1.02. The van der Waals surface area contributed by atoms with Gasteiger partial charge in [0, 0.05) is 22.4 Å². The van der Waals surface area contributed by atoms with E-state index < -0.39 is 0 Å². The molecule has 1 unspecified atom stereocenters. The second-order valence-corrected chi connectivity index (χ2v) is 16.9. The number of hydrogen-bond acceptors (Lipinski definition) is 0. The highest BCUT2D eigenvalue weighted by molar-refractivity contribution is 6.09. The Morgan fingerprint density at radius 1 is 0.429 bits per heavy atom. The van der Waals surface area contributed by atoms with Crippen molar-refractivity contribution in [1.82, 2.24) is 4.57 Å². The van der Waals surface area contributed by atoms with E-state index in [2.05, 4.69) is 154 Å². The van der Waals surface area contributed by atoms with E-state index in [9.17, 15) is 0 Å². The van der Waals surface area contributed by atoms with Crippen molar-refractivity contribution < 1.29 is 0 Å². The van der Waals surface area contributed by atoms with Gasteiger partial charge in [0.05, 0.1) is 11.0 Å². The van der Waals surface area contributed by atoms with Crippen molar-refractivity contribution in [2.75, 3.05) is 0 Å². The Morgan fingerprint density at radius 3 is 1.57 bits per heavy atom. The molecule has 1 atom stereocenters. The number of nitrogens with zero attached hydrogens (tertiary/aromatic N) is 1. The average Bonchev–Trinajstić information content (AvgIpc) is 3.71. The highest BCUT2D eigenvalue weighted by atomic mass is 15.0. The van der Waals surface area contributed by atoms with Crippen LogP contribution in [0, 0.1) is 13.8 Å². The van der Waals surface area contributed by atoms with E-state index in [4.69, 9.17) is 0 Å². The molecule has 1 heteroatoms. The van der Waals surface area contributed by atoms with Crippen LogP contribution in [0.1, 0.15) is 136 Å². The maximum atomic E-state index is 2.50. The molecule has 8 rings (SSSR count). The van der Waals surface area contributed by atoms with Crippen LogP contribution in [0.15, 0.2) is 121 Å². The Kier molecular flexibility index (Phi) is 11.9. The molecule has 0 saturated heterocycles. The van der Waals surface area contributed by atoms with Crippen LogP contribution in [-0.4, -0.2) is 4.57 Å². The fourth-order valence-electron chi connectivity index (χ4n) is 9.43. The molecule has 1 nitrogen and oxygen atoms in total. The van der Waals surface area contributed by atoms with Crippen LogP contribution >= 0.6 is 0 Å². The minimum absolute atomic E-state index is 0.269. The summed E-state index contributed by atoms with van der Waals surface area (Å²) < 4.78 is 2.46. The standard InChI is InChI=1S/C55H61N/c1-5-7-9-11-13-15-17-41-21-32-48-50(37-41)49-35-39(3)19-31-47(49)55(48)45-25-23-43(24-26-45)44-27-29-46(30-28-44)56-53-33-20-40(4)36-51(53)52-38-42(22-34-54(52)56)18-16-14-12-10-8-6-2/h19-38,55H,5-18H2,1-4H3. The van der Waals surface area contributed by atoms with Crippen molar-refractivity contribution in [2.24, 2.45) is 0 Å². The van der Waals surface area contributed by atoms with E-state index >= 15 is 0 Å². The van der Waals surface area contributed by atoms with Crippen molar-refractivity contribution in [1.29, 1.82) is 0 Å². The fraction of sp³-hybridized carbons (Fsp3) is 0.345. The molecule has 0 amide bonds. The van der Waals surface area contributed by atoms with Gasteiger partial charge in [-0.05, 0) is 126 Å². The number of hydrogen-bond donors (Lipinski definition) is 0. The zero-order chi connectivity index (χ0) is 38.4. The zero-order valence-corrected chi connectivity index (χ0v) is 34.5. The molecule has 0 saturated carbocycles. The van der Waals surface area contributed by atoms with Crippen molar-refractivity contribution in [3.05, 3.63) is 160 Å². The SMILES string of the molecule is CCCCCCCCc1ccc2c(c1)-c1cc(C)ccc1C2c1ccc(-c2ccc(-n3c4ccc(C)cc4c4cc(CCCCCCCC)ccc43)cc2)cc1. The van der Waals surface area contributed by atoms with Crippen LogP contribution in [-0.2, 0) is 12.8 Å². The van der Waals surface area contributed by atoms with Gasteiger partial charge >= 0.3 is 0 Å². The molecule has 1 heterocycles. The number of aryl methyl sites for hydroxylation is 4. The van der Waals surface area contributed by atoms with Crippen LogP contribution in [0.5, 0.6) is 0 Å². The molecular formula is C55H61N. The third-order valence-corrected chi connectivity index (χ3v) is 12.6. The smallest absolute Gasteiger partial charge is 0.0541 e. The van der Waals surface area contributed by atoms with E-state index in [-0.39, 0.29) is 5.92 Å². The molecule has 1 aromatic heterocycles. The Labute approximate surface area is 336 Å². The molecule has 0 spiro atoms. The topological polar surface area (TPSA) is 4.93 Å². The van der Waals surface area contributed by atoms with Crippen molar-refractivity contribution in [3.63, 3.8) is 0 Å². The number of aromatic nitrogens is 1. The van der Waals surface area contributed by atoms with Crippen LogP contribution in [0.3, 0.4) is 0 Å². The summed E-state index contributed by atoms with van der Waals surface area (Å²) in [6.07, 6.45) is 18.4. The summed E-state index contributed by atoms with van der Waals surface area (Å²) in [5.74, 6) is 0.269. The van der Waals surface area contributed by atoms with Gasteiger partial charge in [-0.2, -0.15) is 0 Å². The molecule has 1 aliphatic carbocycles. The van der Waals surface area contributed by atoms with Gasteiger partial charge in [-0.25, -0.2) is 0 Å². The largest absolute Gasteiger partial charge is 0.309 e. The maximum absolute atomic E-state index is 2.50. The molecule has 0 N–H and O–H groups in total. The lowest BCUT2D eigenvalue weighted by molar-refractivity contribution is 0.607. The zero-order valence-electron chi connectivity index (χ0n) is 34.5. The van der Waals surface area contributed by atoms with Gasteiger partial charge in [0.15, 0.2) is 0 Å². The quantitative estimate of drug-likeness (QED) is 0.0821. The van der Waals surface area contributed by atoms with Crippen LogP contribution in [0.4, 0.5) is 0 Å². The summed E-state index contributed by atoms with van der Waals surface area (Å²) in [6.45, 7) is 9.02. The number of benzene rings is 6. The summed E-state index contributed by atoms with van der Waals surface area (Å²) in [4.78, 5) is 0. The van der Waals surface area contributed by atoms with Gasteiger partial charge in [0.1, 0.15) is 0 Å². The second-order valence-electron chi connectivity index (χ2n) is 16.9. The first-order valence-corrected chi connectivity index (χ1v) is 22.0. The predicted octanol–water partition coefficient (Wildman–Crippen LogP) is 16.0. The molecule has 56 heavy (non-hydrogen) atoms. The van der Waals surface area contributed by atoms with Crippen molar-refractivity contribution in [3.8, 4) is 27.9 Å². The van der Waals surface area contributed by atoms with Gasteiger partial charge in [-0.15, -0.1) is 0 Å².